The first-order valence-electron chi connectivity index (χ1n) is 6.21. The normalized spacial score (nSPS) is 42.8. The average molecular weight is 236 g/mol. The molecule has 0 N–H and O–H groups in total. The Balaban J connectivity index is 1.84. The fourth-order valence-corrected chi connectivity index (χ4v) is 3.62. The van der Waals surface area contributed by atoms with Gasteiger partial charge in [0.2, 0.25) is 0 Å². The van der Waals surface area contributed by atoms with Gasteiger partial charge in [0.1, 0.15) is 12.2 Å². The number of rotatable bonds is 2. The van der Waals surface area contributed by atoms with Crippen LogP contribution in [0.15, 0.2) is 12.7 Å². The van der Waals surface area contributed by atoms with Crippen molar-refractivity contribution in [2.45, 2.75) is 37.9 Å². The minimum absolute atomic E-state index is 0.0242. The highest BCUT2D eigenvalue weighted by Crippen LogP contribution is 2.48. The summed E-state index contributed by atoms with van der Waals surface area (Å²) in [5, 5.41) is 0. The van der Waals surface area contributed by atoms with Crippen molar-refractivity contribution >= 4 is 11.9 Å². The van der Waals surface area contributed by atoms with Crippen molar-refractivity contribution < 1.29 is 19.1 Å². The van der Waals surface area contributed by atoms with Crippen molar-refractivity contribution in [1.29, 1.82) is 0 Å². The lowest BCUT2D eigenvalue weighted by Crippen LogP contribution is -2.45. The minimum Gasteiger partial charge on any atom is -0.458 e. The Labute approximate surface area is 100.0 Å². The van der Waals surface area contributed by atoms with Gasteiger partial charge in [-0.05, 0) is 31.6 Å². The molecule has 0 aromatic carbocycles. The molecule has 4 nitrogen and oxygen atoms in total. The highest BCUT2D eigenvalue weighted by molar-refractivity contribution is 5.81. The van der Waals surface area contributed by atoms with Crippen molar-refractivity contribution in [2.24, 2.45) is 17.8 Å². The van der Waals surface area contributed by atoms with Gasteiger partial charge in [-0.1, -0.05) is 6.58 Å². The fourth-order valence-electron chi connectivity index (χ4n) is 3.62. The van der Waals surface area contributed by atoms with Gasteiger partial charge in [0.15, 0.2) is 0 Å². The predicted molar refractivity (Wildman–Crippen MR) is 58.9 cm³/mol. The van der Waals surface area contributed by atoms with Gasteiger partial charge >= 0.3 is 11.9 Å². The summed E-state index contributed by atoms with van der Waals surface area (Å²) in [5.74, 6) is 0.357. The molecule has 0 aromatic rings. The van der Waals surface area contributed by atoms with E-state index in [1.807, 2.05) is 0 Å². The Morgan fingerprint density at radius 3 is 2.94 bits per heavy atom. The molecule has 4 aliphatic rings. The Morgan fingerprint density at radius 1 is 1.35 bits per heavy atom. The SMILES string of the molecule is C=CC(=O)OC1C2CC3CC(C2)C(=O)OC1C3. The number of esters is 2. The third-order valence-electron chi connectivity index (χ3n) is 4.26. The molecule has 92 valence electrons. The van der Waals surface area contributed by atoms with Crippen LogP contribution in [-0.2, 0) is 19.1 Å². The molecule has 4 bridgehead atoms. The van der Waals surface area contributed by atoms with Crippen LogP contribution in [0.1, 0.15) is 25.7 Å². The molecule has 0 amide bonds. The van der Waals surface area contributed by atoms with Crippen LogP contribution in [-0.4, -0.2) is 24.1 Å². The molecule has 5 unspecified atom stereocenters. The number of ether oxygens (including phenoxy) is 2. The summed E-state index contributed by atoms with van der Waals surface area (Å²) < 4.78 is 10.8. The zero-order valence-corrected chi connectivity index (χ0v) is 9.63. The van der Waals surface area contributed by atoms with E-state index < -0.39 is 5.97 Å². The standard InChI is InChI=1S/C13H16O4/c1-2-11(14)17-12-8-3-7-4-9(6-8)13(15)16-10(12)5-7/h2,7-10,12H,1,3-6H2. The first-order chi connectivity index (χ1) is 8.17. The van der Waals surface area contributed by atoms with Crippen LogP contribution in [0, 0.1) is 17.8 Å². The topological polar surface area (TPSA) is 52.6 Å². The molecule has 17 heavy (non-hydrogen) atoms. The van der Waals surface area contributed by atoms with E-state index in [2.05, 4.69) is 6.58 Å². The minimum atomic E-state index is -0.418. The molecule has 0 spiro atoms. The number of carbonyl (C=O) groups is 2. The van der Waals surface area contributed by atoms with E-state index in [9.17, 15) is 9.59 Å². The third kappa shape index (κ3) is 1.75. The second-order valence-electron chi connectivity index (χ2n) is 5.35. The summed E-state index contributed by atoms with van der Waals surface area (Å²) in [7, 11) is 0. The predicted octanol–water partition coefficient (Wildman–Crippen LogP) is 1.45. The van der Waals surface area contributed by atoms with E-state index in [1.165, 1.54) is 6.08 Å². The van der Waals surface area contributed by atoms with Gasteiger partial charge in [0.25, 0.3) is 0 Å². The Bertz CT molecular complexity index is 376. The summed E-state index contributed by atoms with van der Waals surface area (Å²) in [4.78, 5) is 23.1. The van der Waals surface area contributed by atoms with Crippen LogP contribution in [0.3, 0.4) is 0 Å². The molecule has 2 saturated heterocycles. The van der Waals surface area contributed by atoms with Gasteiger partial charge in [-0.25, -0.2) is 4.79 Å². The first kappa shape index (κ1) is 10.8. The van der Waals surface area contributed by atoms with E-state index in [-0.39, 0.29) is 30.0 Å². The molecule has 2 aliphatic heterocycles. The molecule has 4 rings (SSSR count). The summed E-state index contributed by atoms with van der Waals surface area (Å²) >= 11 is 0. The average Bonchev–Trinajstić information content (AvgIpc) is 2.47. The van der Waals surface area contributed by atoms with E-state index in [4.69, 9.17) is 9.47 Å². The van der Waals surface area contributed by atoms with E-state index in [1.54, 1.807) is 0 Å². The lowest BCUT2D eigenvalue weighted by Gasteiger charge is -2.41. The first-order valence-corrected chi connectivity index (χ1v) is 6.21. The molecule has 4 heteroatoms. The number of fused-ring (bicyclic) bond motifs is 1. The van der Waals surface area contributed by atoms with E-state index >= 15 is 0 Å². The molecule has 2 heterocycles. The lowest BCUT2D eigenvalue weighted by atomic mass is 9.67. The van der Waals surface area contributed by atoms with Crippen LogP contribution in [0.2, 0.25) is 0 Å². The second kappa shape index (κ2) is 3.86. The fraction of sp³-hybridized carbons (Fsp3) is 0.692. The van der Waals surface area contributed by atoms with Crippen molar-refractivity contribution in [1.82, 2.24) is 0 Å². The number of hydrogen-bond donors (Lipinski definition) is 0. The molecular weight excluding hydrogens is 220 g/mol. The lowest BCUT2D eigenvalue weighted by molar-refractivity contribution is -0.169. The highest BCUT2D eigenvalue weighted by atomic mass is 16.6. The zero-order chi connectivity index (χ0) is 12.0. The van der Waals surface area contributed by atoms with Crippen LogP contribution >= 0.6 is 0 Å². The van der Waals surface area contributed by atoms with Crippen molar-refractivity contribution in [3.8, 4) is 0 Å². The van der Waals surface area contributed by atoms with Gasteiger partial charge in [-0.3, -0.25) is 4.79 Å². The van der Waals surface area contributed by atoms with Crippen LogP contribution in [0.25, 0.3) is 0 Å². The Kier molecular flexibility index (Phi) is 2.45. The monoisotopic (exact) mass is 236 g/mol. The van der Waals surface area contributed by atoms with Gasteiger partial charge in [0.05, 0.1) is 5.92 Å². The van der Waals surface area contributed by atoms with Crippen LogP contribution in [0.5, 0.6) is 0 Å². The van der Waals surface area contributed by atoms with E-state index in [0.29, 0.717) is 5.92 Å². The summed E-state index contributed by atoms with van der Waals surface area (Å²) in [6, 6.07) is 0. The van der Waals surface area contributed by atoms with Gasteiger partial charge in [-0.15, -0.1) is 0 Å². The zero-order valence-electron chi connectivity index (χ0n) is 9.63. The van der Waals surface area contributed by atoms with E-state index in [0.717, 1.165) is 25.7 Å². The van der Waals surface area contributed by atoms with Crippen LogP contribution in [0.4, 0.5) is 0 Å². The van der Waals surface area contributed by atoms with Gasteiger partial charge in [-0.2, -0.15) is 0 Å². The Morgan fingerprint density at radius 2 is 2.18 bits per heavy atom. The highest BCUT2D eigenvalue weighted by Gasteiger charge is 2.51. The van der Waals surface area contributed by atoms with Crippen molar-refractivity contribution in [2.75, 3.05) is 0 Å². The summed E-state index contributed by atoms with van der Waals surface area (Å²) in [6.45, 7) is 3.40. The smallest absolute Gasteiger partial charge is 0.330 e. The molecule has 0 radical (unpaired) electrons. The maximum atomic E-state index is 11.8. The Hall–Kier alpha value is -1.32. The molecule has 2 saturated carbocycles. The molecule has 4 fully saturated rings. The number of carbonyl (C=O) groups excluding carboxylic acids is 2. The maximum Gasteiger partial charge on any atom is 0.330 e. The quantitative estimate of drug-likeness (QED) is 0.538. The maximum absolute atomic E-state index is 11.8. The second-order valence-corrected chi connectivity index (χ2v) is 5.35. The molecule has 5 atom stereocenters. The molecule has 0 aromatic heterocycles. The summed E-state index contributed by atoms with van der Waals surface area (Å²) in [6.07, 6.45) is 4.33. The third-order valence-corrected chi connectivity index (χ3v) is 4.26. The largest absolute Gasteiger partial charge is 0.458 e. The van der Waals surface area contributed by atoms with Crippen LogP contribution < -0.4 is 0 Å². The van der Waals surface area contributed by atoms with Gasteiger partial charge < -0.3 is 9.47 Å². The molecule has 2 aliphatic carbocycles. The summed E-state index contributed by atoms with van der Waals surface area (Å²) in [5.41, 5.74) is 0. The van der Waals surface area contributed by atoms with Crippen molar-refractivity contribution in [3.05, 3.63) is 12.7 Å². The molecular formula is C13H16O4. The number of hydrogen-bond acceptors (Lipinski definition) is 4. The van der Waals surface area contributed by atoms with Gasteiger partial charge in [0, 0.05) is 12.0 Å². The van der Waals surface area contributed by atoms with Crippen molar-refractivity contribution in [3.63, 3.8) is 0 Å².